The number of hydrogen-bond acceptors (Lipinski definition) is 6. The standard InChI is InChI=1S/C15H21N5O/c1-4-21-9-15-18-13(8-14(19-15)20-16)17-12-6-10(2)5-11(3)7-12/h5-8H,4,9,16H2,1-3H3,(H2,17,18,19,20). The fourth-order valence-corrected chi connectivity index (χ4v) is 2.09. The lowest BCUT2D eigenvalue weighted by Gasteiger charge is -2.11. The third kappa shape index (κ3) is 4.40. The highest BCUT2D eigenvalue weighted by atomic mass is 16.5. The lowest BCUT2D eigenvalue weighted by molar-refractivity contribution is 0.128. The fraction of sp³-hybridized carbons (Fsp3) is 0.333. The van der Waals surface area contributed by atoms with E-state index in [1.54, 1.807) is 6.07 Å². The van der Waals surface area contributed by atoms with Crippen molar-refractivity contribution in [1.29, 1.82) is 0 Å². The molecule has 1 aromatic heterocycles. The Kier molecular flexibility index (Phi) is 5.08. The molecule has 0 saturated carbocycles. The van der Waals surface area contributed by atoms with E-state index in [9.17, 15) is 0 Å². The van der Waals surface area contributed by atoms with Crippen LogP contribution >= 0.6 is 0 Å². The second-order valence-corrected chi connectivity index (χ2v) is 4.84. The topological polar surface area (TPSA) is 85.1 Å². The Bertz CT molecular complexity index is 595. The molecule has 0 saturated heterocycles. The van der Waals surface area contributed by atoms with Crippen LogP contribution in [0.25, 0.3) is 0 Å². The zero-order chi connectivity index (χ0) is 15.2. The first kappa shape index (κ1) is 15.2. The second kappa shape index (κ2) is 7.01. The predicted octanol–water partition coefficient (Wildman–Crippen LogP) is 2.66. The van der Waals surface area contributed by atoms with Gasteiger partial charge in [-0.2, -0.15) is 0 Å². The number of hydrazine groups is 1. The summed E-state index contributed by atoms with van der Waals surface area (Å²) in [5, 5.41) is 3.27. The summed E-state index contributed by atoms with van der Waals surface area (Å²) in [5.41, 5.74) is 5.91. The van der Waals surface area contributed by atoms with Gasteiger partial charge in [0.1, 0.15) is 18.2 Å². The van der Waals surface area contributed by atoms with Crippen LogP contribution in [-0.2, 0) is 11.3 Å². The Morgan fingerprint density at radius 1 is 1.05 bits per heavy atom. The highest BCUT2D eigenvalue weighted by Gasteiger charge is 2.05. The number of ether oxygens (including phenoxy) is 1. The van der Waals surface area contributed by atoms with Crippen molar-refractivity contribution in [1.82, 2.24) is 9.97 Å². The molecule has 0 radical (unpaired) electrons. The van der Waals surface area contributed by atoms with Gasteiger partial charge in [-0.1, -0.05) is 6.07 Å². The summed E-state index contributed by atoms with van der Waals surface area (Å²) in [6, 6.07) is 8.01. The van der Waals surface area contributed by atoms with Gasteiger partial charge >= 0.3 is 0 Å². The van der Waals surface area contributed by atoms with Gasteiger partial charge in [-0.3, -0.25) is 0 Å². The van der Waals surface area contributed by atoms with Gasteiger partial charge in [0.2, 0.25) is 0 Å². The first-order valence-corrected chi connectivity index (χ1v) is 6.88. The van der Waals surface area contributed by atoms with Crippen LogP contribution in [-0.4, -0.2) is 16.6 Å². The van der Waals surface area contributed by atoms with E-state index < -0.39 is 0 Å². The third-order valence-electron chi connectivity index (χ3n) is 2.85. The van der Waals surface area contributed by atoms with E-state index in [1.165, 1.54) is 11.1 Å². The summed E-state index contributed by atoms with van der Waals surface area (Å²) in [6.45, 7) is 7.02. The number of rotatable bonds is 6. The number of benzene rings is 1. The van der Waals surface area contributed by atoms with E-state index in [0.29, 0.717) is 30.7 Å². The number of aromatic nitrogens is 2. The Morgan fingerprint density at radius 3 is 2.33 bits per heavy atom. The average Bonchev–Trinajstić information content (AvgIpc) is 2.43. The van der Waals surface area contributed by atoms with Crippen molar-refractivity contribution in [2.45, 2.75) is 27.4 Å². The van der Waals surface area contributed by atoms with Crippen LogP contribution in [0.3, 0.4) is 0 Å². The molecule has 0 spiro atoms. The molecule has 0 bridgehead atoms. The number of anilines is 3. The van der Waals surface area contributed by atoms with Crippen LogP contribution in [0.1, 0.15) is 23.9 Å². The van der Waals surface area contributed by atoms with Gasteiger partial charge in [-0.05, 0) is 44.0 Å². The highest BCUT2D eigenvalue weighted by Crippen LogP contribution is 2.20. The zero-order valence-corrected chi connectivity index (χ0v) is 12.6. The molecule has 2 rings (SSSR count). The molecular formula is C15H21N5O. The van der Waals surface area contributed by atoms with Gasteiger partial charge in [0, 0.05) is 18.4 Å². The van der Waals surface area contributed by atoms with Crippen LogP contribution in [0.4, 0.5) is 17.3 Å². The van der Waals surface area contributed by atoms with Crippen molar-refractivity contribution >= 4 is 17.3 Å². The van der Waals surface area contributed by atoms with Gasteiger partial charge in [0.25, 0.3) is 0 Å². The van der Waals surface area contributed by atoms with Gasteiger partial charge in [0.05, 0.1) is 0 Å². The molecule has 6 heteroatoms. The number of nitrogens with zero attached hydrogens (tertiary/aromatic N) is 2. The molecule has 0 fully saturated rings. The number of nitrogens with two attached hydrogens (primary N) is 1. The molecule has 0 aliphatic rings. The van der Waals surface area contributed by atoms with E-state index in [0.717, 1.165) is 5.69 Å². The Balaban J connectivity index is 2.25. The summed E-state index contributed by atoms with van der Waals surface area (Å²) in [7, 11) is 0. The summed E-state index contributed by atoms with van der Waals surface area (Å²) >= 11 is 0. The molecule has 1 heterocycles. The summed E-state index contributed by atoms with van der Waals surface area (Å²) in [6.07, 6.45) is 0. The van der Waals surface area contributed by atoms with Gasteiger partial charge in [-0.25, -0.2) is 15.8 Å². The Labute approximate surface area is 124 Å². The lowest BCUT2D eigenvalue weighted by atomic mass is 10.1. The molecule has 0 atom stereocenters. The number of aryl methyl sites for hydroxylation is 2. The molecule has 4 N–H and O–H groups in total. The average molecular weight is 287 g/mol. The van der Waals surface area contributed by atoms with Crippen molar-refractivity contribution < 1.29 is 4.74 Å². The minimum Gasteiger partial charge on any atom is -0.374 e. The monoisotopic (exact) mass is 287 g/mol. The molecule has 0 aliphatic carbocycles. The van der Waals surface area contributed by atoms with Crippen molar-refractivity contribution in [3.8, 4) is 0 Å². The van der Waals surface area contributed by atoms with Gasteiger partial charge < -0.3 is 15.5 Å². The molecule has 0 aliphatic heterocycles. The van der Waals surface area contributed by atoms with Crippen LogP contribution in [0.2, 0.25) is 0 Å². The van der Waals surface area contributed by atoms with Crippen molar-refractivity contribution in [2.75, 3.05) is 17.3 Å². The van der Waals surface area contributed by atoms with Crippen molar-refractivity contribution in [3.63, 3.8) is 0 Å². The molecule has 6 nitrogen and oxygen atoms in total. The van der Waals surface area contributed by atoms with E-state index in [1.807, 2.05) is 6.92 Å². The molecule has 1 aromatic carbocycles. The minimum absolute atomic E-state index is 0.355. The van der Waals surface area contributed by atoms with Crippen LogP contribution in [0, 0.1) is 13.8 Å². The maximum atomic E-state index is 5.45. The highest BCUT2D eigenvalue weighted by molar-refractivity contribution is 5.60. The molecule has 2 aromatic rings. The van der Waals surface area contributed by atoms with E-state index in [-0.39, 0.29) is 0 Å². The summed E-state index contributed by atoms with van der Waals surface area (Å²) in [4.78, 5) is 8.68. The predicted molar refractivity (Wildman–Crippen MR) is 84.4 cm³/mol. The minimum atomic E-state index is 0.355. The van der Waals surface area contributed by atoms with Gasteiger partial charge in [-0.15, -0.1) is 0 Å². The number of nitrogens with one attached hydrogen (secondary N) is 2. The van der Waals surface area contributed by atoms with E-state index in [4.69, 9.17) is 10.6 Å². The van der Waals surface area contributed by atoms with Crippen molar-refractivity contribution in [3.05, 3.63) is 41.2 Å². The second-order valence-electron chi connectivity index (χ2n) is 4.84. The van der Waals surface area contributed by atoms with Gasteiger partial charge in [0.15, 0.2) is 5.82 Å². The van der Waals surface area contributed by atoms with Crippen LogP contribution < -0.4 is 16.6 Å². The Hall–Kier alpha value is -2.18. The summed E-state index contributed by atoms with van der Waals surface area (Å²) in [5.74, 6) is 7.26. The lowest BCUT2D eigenvalue weighted by Crippen LogP contribution is -2.12. The zero-order valence-electron chi connectivity index (χ0n) is 12.6. The van der Waals surface area contributed by atoms with E-state index in [2.05, 4.69) is 52.8 Å². The van der Waals surface area contributed by atoms with Crippen LogP contribution in [0.15, 0.2) is 24.3 Å². The Morgan fingerprint density at radius 2 is 1.71 bits per heavy atom. The first-order valence-electron chi connectivity index (χ1n) is 6.88. The molecule has 0 amide bonds. The molecule has 0 unspecified atom stereocenters. The quantitative estimate of drug-likeness (QED) is 0.559. The fourth-order valence-electron chi connectivity index (χ4n) is 2.09. The summed E-state index contributed by atoms with van der Waals surface area (Å²) < 4.78 is 5.34. The SMILES string of the molecule is CCOCc1nc(NN)cc(Nc2cc(C)cc(C)c2)n1. The van der Waals surface area contributed by atoms with Crippen molar-refractivity contribution in [2.24, 2.45) is 5.84 Å². The van der Waals surface area contributed by atoms with Crippen LogP contribution in [0.5, 0.6) is 0 Å². The molecular weight excluding hydrogens is 266 g/mol. The third-order valence-corrected chi connectivity index (χ3v) is 2.85. The largest absolute Gasteiger partial charge is 0.374 e. The number of hydrogen-bond donors (Lipinski definition) is 3. The maximum Gasteiger partial charge on any atom is 0.158 e. The maximum absolute atomic E-state index is 5.45. The first-order chi connectivity index (χ1) is 10.1. The molecule has 21 heavy (non-hydrogen) atoms. The van der Waals surface area contributed by atoms with E-state index >= 15 is 0 Å². The normalized spacial score (nSPS) is 10.5. The smallest absolute Gasteiger partial charge is 0.158 e. The molecule has 112 valence electrons. The number of nitrogen functional groups attached to an aromatic ring is 1.